The van der Waals surface area contributed by atoms with E-state index in [-0.39, 0.29) is 24.6 Å². The number of ether oxygens (including phenoxy) is 1. The van der Waals surface area contributed by atoms with Crippen molar-refractivity contribution in [3.8, 4) is 0 Å². The van der Waals surface area contributed by atoms with E-state index in [1.807, 2.05) is 30.3 Å². The van der Waals surface area contributed by atoms with E-state index >= 15 is 0 Å². The second-order valence-electron chi connectivity index (χ2n) is 6.40. The van der Waals surface area contributed by atoms with Gasteiger partial charge in [-0.15, -0.1) is 23.5 Å². The minimum absolute atomic E-state index is 0.162. The van der Waals surface area contributed by atoms with E-state index in [2.05, 4.69) is 5.32 Å². The van der Waals surface area contributed by atoms with Gasteiger partial charge >= 0.3 is 11.9 Å². The Labute approximate surface area is 176 Å². The molecule has 1 aromatic rings. The van der Waals surface area contributed by atoms with Crippen molar-refractivity contribution in [3.05, 3.63) is 41.6 Å². The summed E-state index contributed by atoms with van der Waals surface area (Å²) >= 11 is 2.89. The minimum Gasteiger partial charge on any atom is -0.477 e. The Balaban J connectivity index is 1.56. The Kier molecular flexibility index (Phi) is 6.86. The first-order valence-electron chi connectivity index (χ1n) is 8.89. The van der Waals surface area contributed by atoms with E-state index in [0.717, 1.165) is 4.90 Å². The van der Waals surface area contributed by atoms with Crippen LogP contribution in [0.15, 0.2) is 46.5 Å². The quantitative estimate of drug-likeness (QED) is 0.358. The number of β-lactam (4-membered cyclic amide) rings is 1. The predicted molar refractivity (Wildman–Crippen MR) is 108 cm³/mol. The number of carbonyl (C=O) groups excluding carboxylic acids is 3. The molecule has 3 rings (SSSR count). The Morgan fingerprint density at radius 3 is 2.69 bits per heavy atom. The normalized spacial score (nSPS) is 20.6. The van der Waals surface area contributed by atoms with Gasteiger partial charge in [-0.25, -0.2) is 4.79 Å². The van der Waals surface area contributed by atoms with Crippen molar-refractivity contribution in [2.75, 3.05) is 18.1 Å². The molecule has 29 heavy (non-hydrogen) atoms. The van der Waals surface area contributed by atoms with Gasteiger partial charge in [0.25, 0.3) is 5.91 Å². The number of thioether (sulfide) groups is 2. The van der Waals surface area contributed by atoms with Crippen molar-refractivity contribution in [2.45, 2.75) is 29.7 Å². The number of hydrogen-bond acceptors (Lipinski definition) is 7. The summed E-state index contributed by atoms with van der Waals surface area (Å²) in [4.78, 5) is 49.6. The molecule has 2 aliphatic heterocycles. The fourth-order valence-electron chi connectivity index (χ4n) is 3.01. The van der Waals surface area contributed by atoms with E-state index < -0.39 is 29.3 Å². The molecule has 1 unspecified atom stereocenters. The zero-order valence-electron chi connectivity index (χ0n) is 15.6. The average molecular weight is 437 g/mol. The lowest BCUT2D eigenvalue weighted by molar-refractivity contribution is -0.151. The first-order chi connectivity index (χ1) is 13.9. The number of hydrogen-bond donors (Lipinski definition) is 2. The largest absolute Gasteiger partial charge is 0.477 e. The summed E-state index contributed by atoms with van der Waals surface area (Å²) in [6.45, 7) is 1.06. The third-order valence-electron chi connectivity index (χ3n) is 4.36. The number of amides is 2. The van der Waals surface area contributed by atoms with Gasteiger partial charge in [0.1, 0.15) is 23.7 Å². The number of esters is 1. The highest BCUT2D eigenvalue weighted by Gasteiger charge is 2.54. The molecule has 0 bridgehead atoms. The fraction of sp³-hybridized carbons (Fsp3) is 0.368. The van der Waals surface area contributed by atoms with Gasteiger partial charge in [0.2, 0.25) is 5.91 Å². The Hall–Kier alpha value is -2.46. The molecule has 0 aromatic heterocycles. The zero-order chi connectivity index (χ0) is 21.0. The number of aliphatic carboxylic acids is 1. The SMILES string of the molecule is CC(=O)OCC1=C(C(=O)O)N2C(=O)C(NC(=O)CCSc3ccccc3)[C@H]2SC1. The Morgan fingerprint density at radius 1 is 1.31 bits per heavy atom. The van der Waals surface area contributed by atoms with Crippen LogP contribution in [0, 0.1) is 0 Å². The van der Waals surface area contributed by atoms with E-state index in [1.165, 1.54) is 23.6 Å². The van der Waals surface area contributed by atoms with E-state index in [1.54, 1.807) is 11.8 Å². The van der Waals surface area contributed by atoms with Gasteiger partial charge in [-0.05, 0) is 12.1 Å². The van der Waals surface area contributed by atoms with Crippen LogP contribution >= 0.6 is 23.5 Å². The monoisotopic (exact) mass is 436 g/mol. The van der Waals surface area contributed by atoms with Gasteiger partial charge in [-0.2, -0.15) is 0 Å². The van der Waals surface area contributed by atoms with E-state index in [4.69, 9.17) is 4.74 Å². The molecule has 0 aliphatic carbocycles. The number of carboxylic acid groups (broad SMARTS) is 1. The molecule has 0 radical (unpaired) electrons. The van der Waals surface area contributed by atoms with Crippen LogP contribution in [0.1, 0.15) is 13.3 Å². The summed E-state index contributed by atoms with van der Waals surface area (Å²) in [5.41, 5.74) is 0.205. The molecular formula is C19H20N2O6S2. The number of nitrogens with one attached hydrogen (secondary N) is 1. The van der Waals surface area contributed by atoms with Crippen LogP contribution in [-0.4, -0.2) is 63.3 Å². The lowest BCUT2D eigenvalue weighted by Gasteiger charge is -2.49. The molecule has 10 heteroatoms. The summed E-state index contributed by atoms with van der Waals surface area (Å²) in [6.07, 6.45) is 0.250. The summed E-state index contributed by atoms with van der Waals surface area (Å²) in [6, 6.07) is 8.94. The smallest absolute Gasteiger partial charge is 0.352 e. The number of benzene rings is 1. The maximum atomic E-state index is 12.5. The number of fused-ring (bicyclic) bond motifs is 1. The van der Waals surface area contributed by atoms with Crippen molar-refractivity contribution in [1.82, 2.24) is 10.2 Å². The lowest BCUT2D eigenvalue weighted by atomic mass is 10.0. The van der Waals surface area contributed by atoms with Crippen molar-refractivity contribution >= 4 is 47.3 Å². The first kappa shape index (κ1) is 21.3. The van der Waals surface area contributed by atoms with E-state index in [0.29, 0.717) is 17.1 Å². The highest BCUT2D eigenvalue weighted by Crippen LogP contribution is 2.40. The fourth-order valence-corrected chi connectivity index (χ4v) is 5.21. The van der Waals surface area contributed by atoms with Crippen LogP contribution in [0.5, 0.6) is 0 Å². The predicted octanol–water partition coefficient (Wildman–Crippen LogP) is 1.47. The van der Waals surface area contributed by atoms with Crippen LogP contribution in [0.25, 0.3) is 0 Å². The second-order valence-corrected chi connectivity index (χ2v) is 8.68. The lowest BCUT2D eigenvalue weighted by Crippen LogP contribution is -2.70. The molecule has 1 aromatic carbocycles. The van der Waals surface area contributed by atoms with Crippen LogP contribution in [0.3, 0.4) is 0 Å². The zero-order valence-corrected chi connectivity index (χ0v) is 17.3. The molecule has 8 nitrogen and oxygen atoms in total. The summed E-state index contributed by atoms with van der Waals surface area (Å²) < 4.78 is 4.89. The van der Waals surface area contributed by atoms with E-state index in [9.17, 15) is 24.3 Å². The summed E-state index contributed by atoms with van der Waals surface area (Å²) in [5, 5.41) is 11.8. The highest BCUT2D eigenvalue weighted by molar-refractivity contribution is 8.00. The maximum absolute atomic E-state index is 12.5. The first-order valence-corrected chi connectivity index (χ1v) is 10.9. The van der Waals surface area contributed by atoms with Crippen molar-refractivity contribution in [3.63, 3.8) is 0 Å². The van der Waals surface area contributed by atoms with Gasteiger partial charge in [0.05, 0.1) is 0 Å². The van der Waals surface area contributed by atoms with Crippen LogP contribution in [0.2, 0.25) is 0 Å². The molecule has 2 amide bonds. The van der Waals surface area contributed by atoms with Crippen molar-refractivity contribution < 1.29 is 29.0 Å². The van der Waals surface area contributed by atoms with Crippen molar-refractivity contribution in [2.24, 2.45) is 0 Å². The average Bonchev–Trinajstić information content (AvgIpc) is 2.70. The van der Waals surface area contributed by atoms with Gasteiger partial charge < -0.3 is 15.2 Å². The van der Waals surface area contributed by atoms with Gasteiger partial charge in [0.15, 0.2) is 0 Å². The molecule has 2 N–H and O–H groups in total. The standard InChI is InChI=1S/C19H20N2O6S2/c1-11(22)27-9-12-10-29-18-15(17(24)21(18)16(12)19(25)26)20-14(23)7-8-28-13-5-3-2-4-6-13/h2-6,15,18H,7-10H2,1H3,(H,20,23)(H,25,26)/t15?,18-/m1/s1. The molecule has 1 fully saturated rings. The third-order valence-corrected chi connectivity index (χ3v) is 6.71. The molecule has 2 atom stereocenters. The number of rotatable bonds is 8. The van der Waals surface area contributed by atoms with Crippen LogP contribution in [0.4, 0.5) is 0 Å². The Morgan fingerprint density at radius 2 is 2.03 bits per heavy atom. The number of carbonyl (C=O) groups is 4. The number of carboxylic acids is 1. The molecule has 2 aliphatic rings. The van der Waals surface area contributed by atoms with Gasteiger partial charge in [-0.3, -0.25) is 19.3 Å². The third kappa shape index (κ3) is 4.94. The highest BCUT2D eigenvalue weighted by atomic mass is 32.2. The van der Waals surface area contributed by atoms with Crippen molar-refractivity contribution in [1.29, 1.82) is 0 Å². The second kappa shape index (κ2) is 9.36. The molecule has 0 spiro atoms. The molecule has 0 saturated carbocycles. The molecule has 154 valence electrons. The molecular weight excluding hydrogens is 416 g/mol. The number of nitrogens with zero attached hydrogens (tertiary/aromatic N) is 1. The minimum atomic E-state index is -1.25. The summed E-state index contributed by atoms with van der Waals surface area (Å²) in [5.74, 6) is -1.62. The molecule has 1 saturated heterocycles. The van der Waals surface area contributed by atoms with Gasteiger partial charge in [0, 0.05) is 35.3 Å². The molecule has 2 heterocycles. The Bertz CT molecular complexity index is 858. The maximum Gasteiger partial charge on any atom is 0.352 e. The summed E-state index contributed by atoms with van der Waals surface area (Å²) in [7, 11) is 0. The topological polar surface area (TPSA) is 113 Å². The van der Waals surface area contributed by atoms with Crippen LogP contribution < -0.4 is 5.32 Å². The van der Waals surface area contributed by atoms with Gasteiger partial charge in [-0.1, -0.05) is 18.2 Å². The van der Waals surface area contributed by atoms with Crippen LogP contribution in [-0.2, 0) is 23.9 Å².